The van der Waals surface area contributed by atoms with Gasteiger partial charge < -0.3 is 14.7 Å². The molecule has 2 aromatic rings. The average Bonchev–Trinajstić information content (AvgIpc) is 2.92. The van der Waals surface area contributed by atoms with Crippen molar-refractivity contribution in [1.82, 2.24) is 9.80 Å². The fourth-order valence-corrected chi connectivity index (χ4v) is 3.70. The second kappa shape index (κ2) is 8.89. The van der Waals surface area contributed by atoms with Crippen molar-refractivity contribution in [3.63, 3.8) is 0 Å². The van der Waals surface area contributed by atoms with Gasteiger partial charge in [-0.2, -0.15) is 0 Å². The Bertz CT molecular complexity index is 1270. The van der Waals surface area contributed by atoms with Crippen LogP contribution in [0.2, 0.25) is 0 Å². The van der Waals surface area contributed by atoms with Gasteiger partial charge >= 0.3 is 0 Å². The highest BCUT2D eigenvalue weighted by molar-refractivity contribution is 7.99. The first-order valence-electron chi connectivity index (χ1n) is 14.1. The molecule has 0 radical (unpaired) electrons. The summed E-state index contributed by atoms with van der Waals surface area (Å²) < 4.78 is 101. The highest BCUT2D eigenvalue weighted by Gasteiger charge is 2.24. The third-order valence-electron chi connectivity index (χ3n) is 3.88. The number of hydrogen-bond donors (Lipinski definition) is 1. The molecule has 27 heavy (non-hydrogen) atoms. The van der Waals surface area contributed by atoms with Crippen molar-refractivity contribution in [2.24, 2.45) is 4.99 Å². The Morgan fingerprint density at radius 3 is 2.63 bits per heavy atom. The first-order chi connectivity index (χ1) is 17.7. The summed E-state index contributed by atoms with van der Waals surface area (Å²) in [5, 5.41) is 9.40. The Labute approximate surface area is 181 Å². The fraction of sp³-hybridized carbons (Fsp3) is 0.381. The summed E-state index contributed by atoms with van der Waals surface area (Å²) in [6.45, 7) is -22.1. The third-order valence-corrected chi connectivity index (χ3v) is 5.02. The van der Waals surface area contributed by atoms with E-state index in [2.05, 4.69) is 4.74 Å². The molecule has 1 N–H and O–H groups in total. The van der Waals surface area contributed by atoms with Gasteiger partial charge in [-0.15, -0.1) is 0 Å². The van der Waals surface area contributed by atoms with Crippen LogP contribution in [0.4, 0.5) is 5.69 Å². The van der Waals surface area contributed by atoms with Gasteiger partial charge in [0.1, 0.15) is 5.84 Å². The van der Waals surface area contributed by atoms with Crippen molar-refractivity contribution in [2.75, 3.05) is 52.3 Å². The van der Waals surface area contributed by atoms with E-state index >= 15 is 0 Å². The molecule has 4 rings (SSSR count). The monoisotopic (exact) mass is 395 g/mol. The quantitative estimate of drug-likeness (QED) is 0.844. The van der Waals surface area contributed by atoms with Gasteiger partial charge in [-0.05, 0) is 18.2 Å². The van der Waals surface area contributed by atoms with Gasteiger partial charge in [0.15, 0.2) is 0 Å². The van der Waals surface area contributed by atoms with Gasteiger partial charge in [0, 0.05) is 56.2 Å². The molecule has 2 aliphatic rings. The first-order valence-corrected chi connectivity index (χ1v) is 8.94. The summed E-state index contributed by atoms with van der Waals surface area (Å²) in [7, 11) is 0. The van der Waals surface area contributed by atoms with Crippen LogP contribution in [0, 0.1) is 0 Å². The zero-order chi connectivity index (χ0) is 29.2. The lowest BCUT2D eigenvalue weighted by atomic mass is 10.1. The molecule has 2 aliphatic heterocycles. The maximum absolute atomic E-state index is 9.40. The van der Waals surface area contributed by atoms with Crippen LogP contribution >= 0.6 is 11.8 Å². The van der Waals surface area contributed by atoms with Gasteiger partial charge in [0.25, 0.3) is 0 Å². The lowest BCUT2D eigenvalue weighted by molar-refractivity contribution is 0.0652. The van der Waals surface area contributed by atoms with Gasteiger partial charge in [-0.3, -0.25) is 4.90 Å². The van der Waals surface area contributed by atoms with E-state index in [9.17, 15) is 5.11 Å². The molecule has 5 nitrogen and oxygen atoms in total. The summed E-state index contributed by atoms with van der Waals surface area (Å²) in [4.78, 5) is 7.61. The zero-order valence-electron chi connectivity index (χ0n) is 26.1. The minimum Gasteiger partial charge on any atom is -0.394 e. The summed E-state index contributed by atoms with van der Waals surface area (Å²) in [5.41, 5.74) is 1.16. The van der Waals surface area contributed by atoms with Crippen LogP contribution in [-0.2, 0) is 4.74 Å². The number of benzene rings is 2. The number of rotatable bonds is 5. The van der Waals surface area contributed by atoms with E-state index in [1.807, 2.05) is 24.3 Å². The zero-order valence-corrected chi connectivity index (χ0v) is 15.0. The Kier molecular flexibility index (Phi) is 2.99. The standard InChI is InChI=1S/C21H25N3O2S/c25-14-16-26-15-13-23-9-11-24(12-10-23)21-17-5-1-3-7-19(17)27-20-8-4-2-6-18(20)22-21/h1-8,25H,9-16H2/i9D2,10D2,13D2,14D2,15D2,16D2. The molecule has 0 saturated carbocycles. The van der Waals surface area contributed by atoms with Crippen molar-refractivity contribution in [3.8, 4) is 0 Å². The van der Waals surface area contributed by atoms with Crippen LogP contribution in [0.3, 0.4) is 0 Å². The Balaban J connectivity index is 1.75. The third kappa shape index (κ3) is 4.35. The predicted octanol–water partition coefficient (Wildman–Crippen LogP) is 2.86. The highest BCUT2D eigenvalue weighted by atomic mass is 32.2. The minimum absolute atomic E-state index is 0.0155. The van der Waals surface area contributed by atoms with E-state index in [4.69, 9.17) is 21.4 Å². The fourth-order valence-electron chi connectivity index (χ4n) is 2.68. The lowest BCUT2D eigenvalue weighted by Crippen LogP contribution is -2.49. The summed E-state index contributed by atoms with van der Waals surface area (Å²) in [6.07, 6.45) is 0. The molecule has 6 heteroatoms. The van der Waals surface area contributed by atoms with Gasteiger partial charge in [0.2, 0.25) is 0 Å². The largest absolute Gasteiger partial charge is 0.394 e. The van der Waals surface area contributed by atoms with Crippen LogP contribution in [0.5, 0.6) is 0 Å². The number of hydrogen-bond acceptors (Lipinski definition) is 6. The van der Waals surface area contributed by atoms with Crippen molar-refractivity contribution in [2.45, 2.75) is 9.79 Å². The topological polar surface area (TPSA) is 48.3 Å². The molecule has 0 spiro atoms. The van der Waals surface area contributed by atoms with Crippen molar-refractivity contribution < 1.29 is 26.3 Å². The number of aliphatic hydroxyl groups is 1. The van der Waals surface area contributed by atoms with E-state index in [0.717, 1.165) is 9.79 Å². The second-order valence-electron chi connectivity index (χ2n) is 5.54. The van der Waals surface area contributed by atoms with Crippen LogP contribution < -0.4 is 0 Å². The van der Waals surface area contributed by atoms with Crippen molar-refractivity contribution in [1.29, 1.82) is 0 Å². The summed E-state index contributed by atoms with van der Waals surface area (Å²) in [5.74, 6) is 0.236. The Hall–Kier alpha value is -1.86. The number of aliphatic imine (C=N–C) groups is 1. The molecule has 2 heterocycles. The summed E-state index contributed by atoms with van der Waals surface area (Å²) >= 11 is 1.43. The van der Waals surface area contributed by atoms with Crippen molar-refractivity contribution >= 4 is 23.3 Å². The van der Waals surface area contributed by atoms with E-state index < -0.39 is 52.3 Å². The van der Waals surface area contributed by atoms with Crippen LogP contribution in [0.25, 0.3) is 0 Å². The molecule has 0 bridgehead atoms. The van der Waals surface area contributed by atoms with Crippen LogP contribution in [0.15, 0.2) is 63.3 Å². The molecule has 1 fully saturated rings. The maximum atomic E-state index is 9.40. The maximum Gasteiger partial charge on any atom is 0.137 e. The lowest BCUT2D eigenvalue weighted by Gasteiger charge is -2.36. The van der Waals surface area contributed by atoms with Gasteiger partial charge in [-0.1, -0.05) is 42.1 Å². The molecule has 0 aliphatic carbocycles. The Morgan fingerprint density at radius 1 is 1.07 bits per heavy atom. The number of fused-ring (bicyclic) bond motifs is 2. The molecule has 142 valence electrons. The Morgan fingerprint density at radius 2 is 1.81 bits per heavy atom. The molecular formula is C21H25N3O2S. The first kappa shape index (κ1) is 9.09. The number of ether oxygens (including phenoxy) is 1. The van der Waals surface area contributed by atoms with Crippen LogP contribution in [0.1, 0.15) is 22.0 Å². The molecular weight excluding hydrogens is 358 g/mol. The normalized spacial score (nSPS) is 29.5. The van der Waals surface area contributed by atoms with E-state index in [1.54, 1.807) is 24.3 Å². The number of nitrogens with zero attached hydrogens (tertiary/aromatic N) is 3. The second-order valence-corrected chi connectivity index (χ2v) is 6.62. The average molecular weight is 396 g/mol. The number of para-hydroxylation sites is 1. The molecule has 2 aromatic carbocycles. The molecule has 0 amide bonds. The smallest absolute Gasteiger partial charge is 0.137 e. The molecule has 0 atom stereocenters. The number of piperazine rings is 1. The highest BCUT2D eigenvalue weighted by Crippen LogP contribution is 2.40. The van der Waals surface area contributed by atoms with E-state index in [0.29, 0.717) is 11.3 Å². The van der Waals surface area contributed by atoms with Crippen LogP contribution in [-0.4, -0.2) is 73.0 Å². The predicted molar refractivity (Wildman–Crippen MR) is 109 cm³/mol. The molecule has 1 saturated heterocycles. The molecule has 0 aromatic heterocycles. The number of amidine groups is 1. The van der Waals surface area contributed by atoms with E-state index in [-0.39, 0.29) is 10.7 Å². The minimum atomic E-state index is -3.82. The van der Waals surface area contributed by atoms with E-state index in [1.165, 1.54) is 16.7 Å². The summed E-state index contributed by atoms with van der Waals surface area (Å²) in [6, 6.07) is 14.4. The molecule has 0 unspecified atom stereocenters. The van der Waals surface area contributed by atoms with Gasteiger partial charge in [0.05, 0.1) is 33.6 Å². The SMILES string of the molecule is [2H]C1([2H])CN(C2=Nc3ccccc3Sc3ccccc32)CC([2H])([2H])N1C([2H])([2H])C([2H])([2H])OC([2H])([2H])C([2H])([2H])O. The van der Waals surface area contributed by atoms with Crippen molar-refractivity contribution in [3.05, 3.63) is 54.1 Å². The van der Waals surface area contributed by atoms with Gasteiger partial charge in [-0.25, -0.2) is 4.99 Å².